The molecule has 31 heavy (non-hydrogen) atoms. The second kappa shape index (κ2) is 7.69. The van der Waals surface area contributed by atoms with Crippen LogP contribution in [0.3, 0.4) is 0 Å². The number of aryl methyl sites for hydroxylation is 1. The Labute approximate surface area is 178 Å². The zero-order valence-corrected chi connectivity index (χ0v) is 17.4. The van der Waals surface area contributed by atoms with Crippen molar-refractivity contribution < 1.29 is 22.8 Å². The van der Waals surface area contributed by atoms with Gasteiger partial charge in [0.2, 0.25) is 5.91 Å². The predicted molar refractivity (Wildman–Crippen MR) is 107 cm³/mol. The van der Waals surface area contributed by atoms with Crippen molar-refractivity contribution in [2.24, 2.45) is 7.05 Å². The first-order valence-corrected chi connectivity index (χ1v) is 10.4. The summed E-state index contributed by atoms with van der Waals surface area (Å²) >= 11 is 0. The highest BCUT2D eigenvalue weighted by molar-refractivity contribution is 5.93. The highest BCUT2D eigenvalue weighted by atomic mass is 19.4. The van der Waals surface area contributed by atoms with Crippen molar-refractivity contribution in [3.05, 3.63) is 53.3 Å². The van der Waals surface area contributed by atoms with Crippen molar-refractivity contribution in [2.45, 2.75) is 62.8 Å². The number of carbonyl (C=O) groups is 2. The quantitative estimate of drug-likeness (QED) is 0.781. The van der Waals surface area contributed by atoms with Crippen LogP contribution in [0.25, 0.3) is 0 Å². The number of likely N-dealkylation sites (tertiary alicyclic amines) is 1. The van der Waals surface area contributed by atoms with Gasteiger partial charge in [0, 0.05) is 19.7 Å². The molecule has 3 atom stereocenters. The van der Waals surface area contributed by atoms with Crippen LogP contribution in [0.5, 0.6) is 0 Å². The van der Waals surface area contributed by atoms with Crippen LogP contribution in [0.4, 0.5) is 13.2 Å². The van der Waals surface area contributed by atoms with Gasteiger partial charge in [-0.2, -0.15) is 18.3 Å². The molecule has 0 saturated carbocycles. The van der Waals surface area contributed by atoms with E-state index >= 15 is 0 Å². The van der Waals surface area contributed by atoms with Crippen LogP contribution in [0.15, 0.2) is 36.5 Å². The van der Waals surface area contributed by atoms with Gasteiger partial charge in [0.05, 0.1) is 23.2 Å². The highest BCUT2D eigenvalue weighted by Crippen LogP contribution is 2.46. The molecule has 2 aliphatic rings. The van der Waals surface area contributed by atoms with E-state index in [2.05, 4.69) is 10.4 Å². The molecule has 0 spiro atoms. The molecule has 2 fully saturated rings. The zero-order chi connectivity index (χ0) is 22.4. The van der Waals surface area contributed by atoms with E-state index in [1.807, 2.05) is 6.92 Å². The van der Waals surface area contributed by atoms with Crippen LogP contribution < -0.4 is 5.32 Å². The van der Waals surface area contributed by atoms with Gasteiger partial charge in [0.15, 0.2) is 0 Å². The third-order valence-electron chi connectivity index (χ3n) is 6.35. The number of nitrogens with zero attached hydrogens (tertiary/aromatic N) is 3. The third kappa shape index (κ3) is 4.05. The molecule has 1 N–H and O–H groups in total. The second-order valence-electron chi connectivity index (χ2n) is 8.66. The number of alkyl halides is 3. The average molecular weight is 434 g/mol. The van der Waals surface area contributed by atoms with Gasteiger partial charge < -0.3 is 10.2 Å². The van der Waals surface area contributed by atoms with E-state index in [0.29, 0.717) is 31.2 Å². The van der Waals surface area contributed by atoms with E-state index in [4.69, 9.17) is 0 Å². The first-order valence-electron chi connectivity index (χ1n) is 10.4. The largest absolute Gasteiger partial charge is 0.416 e. The lowest BCUT2D eigenvalue weighted by atomic mass is 9.85. The maximum absolute atomic E-state index is 13.5. The lowest BCUT2D eigenvalue weighted by Gasteiger charge is -2.38. The van der Waals surface area contributed by atoms with E-state index in [1.165, 1.54) is 10.7 Å². The molecule has 1 aromatic carbocycles. The standard InChI is InChI=1S/C22H25F3N4O2/c1-21-13-17(14-6-5-7-15(12-14)22(23,24)25)29(20(31)16-10-11-28(2)27-16)18(21)8-3-4-9-19(30)26-21/h5-7,10-12,17-18H,3-4,8-9,13H2,1-2H3,(H,26,30)/t17-,18-,21-/m0/s1. The van der Waals surface area contributed by atoms with E-state index in [0.717, 1.165) is 18.6 Å². The Balaban J connectivity index is 1.80. The van der Waals surface area contributed by atoms with Crippen molar-refractivity contribution >= 4 is 11.8 Å². The first-order chi connectivity index (χ1) is 14.6. The van der Waals surface area contributed by atoms with Crippen molar-refractivity contribution in [3.63, 3.8) is 0 Å². The van der Waals surface area contributed by atoms with Crippen molar-refractivity contribution in [3.8, 4) is 0 Å². The molecule has 6 nitrogen and oxygen atoms in total. The Bertz CT molecular complexity index is 1000. The van der Waals surface area contributed by atoms with Gasteiger partial charge in [-0.1, -0.05) is 18.6 Å². The predicted octanol–water partition coefficient (Wildman–Crippen LogP) is 3.84. The topological polar surface area (TPSA) is 67.2 Å². The molecular weight excluding hydrogens is 409 g/mol. The average Bonchev–Trinajstić information content (AvgIpc) is 3.24. The SMILES string of the molecule is Cn1ccc(C(=O)N2[C@H]3CCCCC(=O)N[C@@]3(C)C[C@H]2c2cccc(C(F)(F)F)c2)n1. The summed E-state index contributed by atoms with van der Waals surface area (Å²) in [5.41, 5.74) is -0.854. The monoisotopic (exact) mass is 434 g/mol. The minimum absolute atomic E-state index is 0.0953. The molecule has 0 unspecified atom stereocenters. The number of amides is 2. The fourth-order valence-corrected chi connectivity index (χ4v) is 4.90. The van der Waals surface area contributed by atoms with Crippen LogP contribution in [-0.4, -0.2) is 38.1 Å². The molecule has 166 valence electrons. The molecule has 0 aliphatic carbocycles. The molecule has 2 aliphatic heterocycles. The molecule has 2 aromatic rings. The number of rotatable bonds is 2. The molecule has 0 bridgehead atoms. The second-order valence-corrected chi connectivity index (χ2v) is 8.66. The number of hydrogen-bond acceptors (Lipinski definition) is 3. The molecule has 1 aromatic heterocycles. The van der Waals surface area contributed by atoms with E-state index in [9.17, 15) is 22.8 Å². The van der Waals surface area contributed by atoms with Crippen LogP contribution in [0.2, 0.25) is 0 Å². The summed E-state index contributed by atoms with van der Waals surface area (Å²) in [6, 6.07) is 5.76. The number of halogens is 3. The van der Waals surface area contributed by atoms with Gasteiger partial charge in [-0.05, 0) is 49.9 Å². The fourth-order valence-electron chi connectivity index (χ4n) is 4.90. The lowest BCUT2D eigenvalue weighted by molar-refractivity contribution is -0.137. The summed E-state index contributed by atoms with van der Waals surface area (Å²) in [5, 5.41) is 7.28. The minimum atomic E-state index is -4.48. The Hall–Kier alpha value is -2.84. The Morgan fingerprint density at radius 3 is 2.71 bits per heavy atom. The summed E-state index contributed by atoms with van der Waals surface area (Å²) in [6.07, 6.45) is 0.0397. The summed E-state index contributed by atoms with van der Waals surface area (Å²) in [5.74, 6) is -0.436. The molecule has 9 heteroatoms. The molecule has 0 radical (unpaired) electrons. The van der Waals surface area contributed by atoms with E-state index < -0.39 is 23.3 Å². The summed E-state index contributed by atoms with van der Waals surface area (Å²) in [6.45, 7) is 1.88. The minimum Gasteiger partial charge on any atom is -0.349 e. The lowest BCUT2D eigenvalue weighted by Crippen LogP contribution is -2.56. The van der Waals surface area contributed by atoms with Gasteiger partial charge in [-0.25, -0.2) is 0 Å². The van der Waals surface area contributed by atoms with E-state index in [-0.39, 0.29) is 23.6 Å². The van der Waals surface area contributed by atoms with E-state index in [1.54, 1.807) is 30.3 Å². The number of benzene rings is 1. The van der Waals surface area contributed by atoms with Gasteiger partial charge in [0.1, 0.15) is 5.69 Å². The van der Waals surface area contributed by atoms with Crippen molar-refractivity contribution in [2.75, 3.05) is 0 Å². The fraction of sp³-hybridized carbons (Fsp3) is 0.500. The summed E-state index contributed by atoms with van der Waals surface area (Å²) in [7, 11) is 1.70. The Morgan fingerprint density at radius 1 is 1.26 bits per heavy atom. The highest BCUT2D eigenvalue weighted by Gasteiger charge is 2.53. The molecular formula is C22H25F3N4O2. The summed E-state index contributed by atoms with van der Waals surface area (Å²) < 4.78 is 41.6. The number of hydrogen-bond donors (Lipinski definition) is 1. The molecule has 3 heterocycles. The van der Waals surface area contributed by atoms with Crippen LogP contribution in [-0.2, 0) is 18.0 Å². The first kappa shape index (κ1) is 21.4. The maximum atomic E-state index is 13.5. The van der Waals surface area contributed by atoms with Crippen LogP contribution in [0, 0.1) is 0 Å². The Morgan fingerprint density at radius 2 is 2.03 bits per heavy atom. The van der Waals surface area contributed by atoms with Gasteiger partial charge in [0.25, 0.3) is 5.91 Å². The number of carbonyl (C=O) groups excluding carboxylic acids is 2. The van der Waals surface area contributed by atoms with Crippen molar-refractivity contribution in [1.29, 1.82) is 0 Å². The third-order valence-corrected chi connectivity index (χ3v) is 6.35. The number of nitrogens with one attached hydrogen (secondary N) is 1. The molecule has 4 rings (SSSR count). The van der Waals surface area contributed by atoms with Gasteiger partial charge in [-0.3, -0.25) is 14.3 Å². The molecule has 2 amide bonds. The zero-order valence-electron chi connectivity index (χ0n) is 17.4. The normalized spacial score (nSPS) is 26.7. The number of fused-ring (bicyclic) bond motifs is 1. The van der Waals surface area contributed by atoms with Gasteiger partial charge >= 0.3 is 6.18 Å². The molecule has 2 saturated heterocycles. The maximum Gasteiger partial charge on any atom is 0.416 e. The van der Waals surface area contributed by atoms with Crippen LogP contribution in [0.1, 0.15) is 66.7 Å². The summed E-state index contributed by atoms with van der Waals surface area (Å²) in [4.78, 5) is 27.5. The van der Waals surface area contributed by atoms with Crippen molar-refractivity contribution in [1.82, 2.24) is 20.0 Å². The van der Waals surface area contributed by atoms with Crippen LogP contribution >= 0.6 is 0 Å². The van der Waals surface area contributed by atoms with Gasteiger partial charge in [-0.15, -0.1) is 0 Å². The smallest absolute Gasteiger partial charge is 0.349 e. The Kier molecular flexibility index (Phi) is 5.31. The number of aromatic nitrogens is 2.